The number of aliphatic hydroxyl groups excluding tert-OH is 2. The van der Waals surface area contributed by atoms with Gasteiger partial charge in [0.05, 0.1) is 12.2 Å². The van der Waals surface area contributed by atoms with Gasteiger partial charge in [-0.2, -0.15) is 0 Å². The molecule has 0 radical (unpaired) electrons. The molecule has 0 bridgehead atoms. The second kappa shape index (κ2) is 20.7. The molecule has 0 aliphatic heterocycles. The maximum atomic E-state index is 12.7. The van der Waals surface area contributed by atoms with Crippen molar-refractivity contribution in [2.24, 2.45) is 45.3 Å². The molecule has 72 heavy (non-hydrogen) atoms. The lowest BCUT2D eigenvalue weighted by atomic mass is 9.67. The van der Waals surface area contributed by atoms with Crippen LogP contribution in [0.25, 0.3) is 0 Å². The first-order chi connectivity index (χ1) is 34.1. The fraction of sp³-hybridized carbons (Fsp3) is 0.500. The number of ketones is 6. The zero-order chi connectivity index (χ0) is 51.7. The number of fused-ring (bicyclic) bond motifs is 4. The van der Waals surface area contributed by atoms with Crippen LogP contribution in [-0.4, -0.2) is 57.1 Å². The first-order valence-electron chi connectivity index (χ1n) is 25.8. The van der Waals surface area contributed by atoms with Crippen LogP contribution in [0, 0.1) is 45.3 Å². The van der Waals surface area contributed by atoms with Crippen molar-refractivity contribution in [3.63, 3.8) is 0 Å². The van der Waals surface area contributed by atoms with Gasteiger partial charge in [0, 0.05) is 86.5 Å². The van der Waals surface area contributed by atoms with Crippen LogP contribution in [0.4, 0.5) is 0 Å². The summed E-state index contributed by atoms with van der Waals surface area (Å²) < 4.78 is 3.84. The molecule has 0 amide bonds. The standard InChI is InChI=1S/2C15H17BrO2.2C15H15BrO2/c4*1-9-7-15(5-4-13(9)17)8-10-2-3-11(16)6-12(10)14(15)18/h2*2-3,6,9,13,17H,4-5,7-8H2,1H3;2*2-3,6,9H,4-5,7-8H2,1H3/t2*9-,13-,15-;2*9-,15-/m1010/s1. The van der Waals surface area contributed by atoms with Gasteiger partial charge in [-0.1, -0.05) is 116 Å². The van der Waals surface area contributed by atoms with Gasteiger partial charge < -0.3 is 10.2 Å². The van der Waals surface area contributed by atoms with Crippen LogP contribution in [0.1, 0.15) is 168 Å². The van der Waals surface area contributed by atoms with Crippen LogP contribution in [0.5, 0.6) is 0 Å². The molecule has 0 aromatic heterocycles. The number of hydrogen-bond donors (Lipinski definition) is 2. The molecular formula is C60H64Br4O8. The molecule has 4 spiro atoms. The highest BCUT2D eigenvalue weighted by molar-refractivity contribution is 9.11. The molecule has 4 fully saturated rings. The van der Waals surface area contributed by atoms with E-state index in [0.29, 0.717) is 24.4 Å². The normalized spacial score (nSPS) is 32.9. The van der Waals surface area contributed by atoms with Crippen molar-refractivity contribution in [3.05, 3.63) is 135 Å². The van der Waals surface area contributed by atoms with Crippen LogP contribution in [0.15, 0.2) is 90.7 Å². The van der Waals surface area contributed by atoms with Gasteiger partial charge >= 0.3 is 0 Å². The molecule has 8 aliphatic carbocycles. The van der Waals surface area contributed by atoms with E-state index in [1.807, 2.05) is 74.5 Å². The molecule has 0 unspecified atom stereocenters. The summed E-state index contributed by atoms with van der Waals surface area (Å²) in [4.78, 5) is 73.9. The van der Waals surface area contributed by atoms with Crippen LogP contribution < -0.4 is 0 Å². The van der Waals surface area contributed by atoms with Gasteiger partial charge in [0.2, 0.25) is 0 Å². The molecule has 8 aliphatic rings. The van der Waals surface area contributed by atoms with Crippen molar-refractivity contribution in [1.82, 2.24) is 0 Å². The molecule has 0 heterocycles. The predicted molar refractivity (Wildman–Crippen MR) is 293 cm³/mol. The van der Waals surface area contributed by atoms with Crippen molar-refractivity contribution in [3.8, 4) is 0 Å². The SMILES string of the molecule is C[C@@H]1C[C@]2(CCC1=O)Cc1ccc(Br)cc1C2=O.C[C@@H]1C[C@]2(CC[C@H]1O)Cc1ccc(Br)cc1C2=O.C[C@H]1C[C@@]2(CCC1=O)Cc1ccc(Br)cc1C2=O.C[C@H]1C[C@@]2(CC[C@@H]1O)Cc1ccc(Br)cc1C2=O. The molecule has 4 aromatic carbocycles. The third-order valence-electron chi connectivity index (χ3n) is 18.1. The number of rotatable bonds is 0. The van der Waals surface area contributed by atoms with Crippen molar-refractivity contribution >= 4 is 98.4 Å². The molecule has 2 N–H and O–H groups in total. The van der Waals surface area contributed by atoms with Gasteiger partial charge in [-0.15, -0.1) is 0 Å². The lowest BCUT2D eigenvalue weighted by Crippen LogP contribution is -2.39. The Labute approximate surface area is 457 Å². The van der Waals surface area contributed by atoms with Crippen molar-refractivity contribution in [2.45, 2.75) is 143 Å². The Morgan fingerprint density at radius 2 is 0.667 bits per heavy atom. The van der Waals surface area contributed by atoms with E-state index in [4.69, 9.17) is 0 Å². The topological polar surface area (TPSA) is 143 Å². The van der Waals surface area contributed by atoms with E-state index in [9.17, 15) is 39.0 Å². The number of Topliss-reactive ketones (excluding diaryl/α,β-unsaturated/α-hetero) is 6. The van der Waals surface area contributed by atoms with E-state index in [1.165, 1.54) is 11.1 Å². The van der Waals surface area contributed by atoms with Gasteiger partial charge in [-0.3, -0.25) is 28.8 Å². The highest BCUT2D eigenvalue weighted by atomic mass is 79.9. The fourth-order valence-electron chi connectivity index (χ4n) is 14.0. The molecule has 380 valence electrons. The number of carbonyl (C=O) groups excluding carboxylic acids is 6. The van der Waals surface area contributed by atoms with Crippen molar-refractivity contribution < 1.29 is 39.0 Å². The molecule has 4 saturated carbocycles. The summed E-state index contributed by atoms with van der Waals surface area (Å²) in [7, 11) is 0. The molecule has 0 saturated heterocycles. The number of halogens is 4. The maximum Gasteiger partial charge on any atom is 0.169 e. The lowest BCUT2D eigenvalue weighted by molar-refractivity contribution is -0.126. The predicted octanol–water partition coefficient (Wildman–Crippen LogP) is 13.8. The Balaban J connectivity index is 0.000000119. The summed E-state index contributed by atoms with van der Waals surface area (Å²) in [5.74, 6) is 2.20. The Bertz CT molecular complexity index is 2700. The van der Waals surface area contributed by atoms with Gasteiger partial charge in [-0.05, 0) is 173 Å². The molecule has 4 aromatic rings. The Morgan fingerprint density at radius 3 is 0.917 bits per heavy atom. The second-order valence-electron chi connectivity index (χ2n) is 23.1. The van der Waals surface area contributed by atoms with Crippen molar-refractivity contribution in [1.29, 1.82) is 0 Å². The fourth-order valence-corrected chi connectivity index (χ4v) is 15.4. The summed E-state index contributed by atoms with van der Waals surface area (Å²) >= 11 is 13.7. The highest BCUT2D eigenvalue weighted by Gasteiger charge is 2.52. The molecule has 8 nitrogen and oxygen atoms in total. The minimum absolute atomic E-state index is 0.0282. The number of benzene rings is 4. The summed E-state index contributed by atoms with van der Waals surface area (Å²) in [5, 5.41) is 19.7. The minimum atomic E-state index is -0.295. The van der Waals surface area contributed by atoms with Gasteiger partial charge in [0.25, 0.3) is 0 Å². The average Bonchev–Trinajstić information content (AvgIpc) is 3.97. The Morgan fingerprint density at radius 1 is 0.403 bits per heavy atom. The first-order valence-corrected chi connectivity index (χ1v) is 29.0. The van der Waals surface area contributed by atoms with Crippen LogP contribution >= 0.6 is 63.7 Å². The zero-order valence-electron chi connectivity index (χ0n) is 41.6. The van der Waals surface area contributed by atoms with Crippen LogP contribution in [0.3, 0.4) is 0 Å². The van der Waals surface area contributed by atoms with Gasteiger partial charge in [0.1, 0.15) is 11.6 Å². The Hall–Kier alpha value is -3.26. The molecular weight excluding hydrogens is 1170 g/mol. The summed E-state index contributed by atoms with van der Waals surface area (Å²) in [6.45, 7) is 8.01. The first kappa shape index (κ1) is 53.6. The summed E-state index contributed by atoms with van der Waals surface area (Å²) in [6.07, 6.45) is 11.6. The number of aliphatic hydroxyl groups is 2. The van der Waals surface area contributed by atoms with Crippen LogP contribution in [-0.2, 0) is 35.3 Å². The van der Waals surface area contributed by atoms with E-state index >= 15 is 0 Å². The maximum absolute atomic E-state index is 12.7. The third-order valence-corrected chi connectivity index (χ3v) is 20.1. The lowest BCUT2D eigenvalue weighted by Gasteiger charge is -2.38. The van der Waals surface area contributed by atoms with Crippen LogP contribution in [0.2, 0.25) is 0 Å². The molecule has 12 heteroatoms. The summed E-state index contributed by atoms with van der Waals surface area (Å²) in [6, 6.07) is 23.9. The smallest absolute Gasteiger partial charge is 0.169 e. The number of carbonyl (C=O) groups is 6. The Kier molecular flexibility index (Phi) is 15.4. The summed E-state index contributed by atoms with van der Waals surface area (Å²) in [5.41, 5.74) is 7.04. The van der Waals surface area contributed by atoms with Gasteiger partial charge in [0.15, 0.2) is 23.1 Å². The minimum Gasteiger partial charge on any atom is -0.393 e. The van der Waals surface area contributed by atoms with Crippen molar-refractivity contribution in [2.75, 3.05) is 0 Å². The average molecular weight is 1230 g/mol. The quantitative estimate of drug-likeness (QED) is 0.177. The van der Waals surface area contributed by atoms with E-state index < -0.39 is 0 Å². The number of hydrogen-bond acceptors (Lipinski definition) is 8. The van der Waals surface area contributed by atoms with E-state index in [-0.39, 0.29) is 80.7 Å². The molecule has 10 atom stereocenters. The monoisotopic (exact) mass is 1230 g/mol. The largest absolute Gasteiger partial charge is 0.393 e. The van der Waals surface area contributed by atoms with Gasteiger partial charge in [-0.25, -0.2) is 0 Å². The zero-order valence-corrected chi connectivity index (χ0v) is 47.9. The van der Waals surface area contributed by atoms with E-state index in [0.717, 1.165) is 141 Å². The second-order valence-corrected chi connectivity index (χ2v) is 26.7. The molecule has 12 rings (SSSR count). The van der Waals surface area contributed by atoms with E-state index in [2.05, 4.69) is 89.7 Å². The third kappa shape index (κ3) is 10.1. The van der Waals surface area contributed by atoms with E-state index in [1.54, 1.807) is 0 Å². The highest BCUT2D eigenvalue weighted by Crippen LogP contribution is 2.52.